The molecule has 0 N–H and O–H groups in total. The summed E-state index contributed by atoms with van der Waals surface area (Å²) in [5, 5.41) is 0.0113. The summed E-state index contributed by atoms with van der Waals surface area (Å²) >= 11 is 6.20. The normalized spacial score (nSPS) is 16.1. The highest BCUT2D eigenvalue weighted by atomic mass is 35.5. The molecule has 1 aliphatic heterocycles. The van der Waals surface area contributed by atoms with Crippen molar-refractivity contribution >= 4 is 27.6 Å². The first-order valence-electron chi connectivity index (χ1n) is 9.58. The first-order chi connectivity index (χ1) is 14.3. The van der Waals surface area contributed by atoms with Gasteiger partial charge in [-0.15, -0.1) is 0 Å². The van der Waals surface area contributed by atoms with E-state index < -0.39 is 16.0 Å². The van der Waals surface area contributed by atoms with Gasteiger partial charge in [-0.3, -0.25) is 4.90 Å². The van der Waals surface area contributed by atoms with Crippen molar-refractivity contribution in [2.24, 2.45) is 0 Å². The highest BCUT2D eigenvalue weighted by Crippen LogP contribution is 2.27. The Hall–Kier alpha value is -2.13. The molecule has 1 fully saturated rings. The fraction of sp³-hybridized carbons (Fsp3) is 0.381. The third-order valence-corrected chi connectivity index (χ3v) is 7.47. The van der Waals surface area contributed by atoms with Crippen LogP contribution in [-0.2, 0) is 21.3 Å². The minimum atomic E-state index is -3.76. The number of nitrogens with zero attached hydrogens (tertiary/aromatic N) is 2. The van der Waals surface area contributed by atoms with Gasteiger partial charge >= 0.3 is 5.97 Å². The Morgan fingerprint density at radius 2 is 1.77 bits per heavy atom. The molecule has 30 heavy (non-hydrogen) atoms. The Kier molecular flexibility index (Phi) is 7.36. The lowest BCUT2D eigenvalue weighted by atomic mass is 10.2. The first kappa shape index (κ1) is 22.6. The molecule has 3 rings (SSSR count). The van der Waals surface area contributed by atoms with Crippen LogP contribution in [0.4, 0.5) is 0 Å². The first-order valence-corrected chi connectivity index (χ1v) is 11.4. The van der Waals surface area contributed by atoms with Crippen molar-refractivity contribution in [3.8, 4) is 5.75 Å². The van der Waals surface area contributed by atoms with E-state index in [1.807, 2.05) is 24.3 Å². The molecular weight excluding hydrogens is 428 g/mol. The van der Waals surface area contributed by atoms with E-state index in [4.69, 9.17) is 16.3 Å². The summed E-state index contributed by atoms with van der Waals surface area (Å²) in [6.07, 6.45) is 0.716. The van der Waals surface area contributed by atoms with Crippen molar-refractivity contribution in [1.29, 1.82) is 0 Å². The fourth-order valence-electron chi connectivity index (χ4n) is 3.43. The molecule has 0 unspecified atom stereocenters. The number of esters is 1. The van der Waals surface area contributed by atoms with E-state index in [1.54, 1.807) is 7.11 Å². The molecule has 0 bridgehead atoms. The maximum atomic E-state index is 13.1. The topological polar surface area (TPSA) is 76.2 Å². The number of sulfonamides is 1. The highest BCUT2D eigenvalue weighted by molar-refractivity contribution is 7.89. The second kappa shape index (κ2) is 9.78. The third-order valence-electron chi connectivity index (χ3n) is 5.08. The van der Waals surface area contributed by atoms with E-state index in [2.05, 4.69) is 9.64 Å². The molecule has 0 saturated carbocycles. The van der Waals surface area contributed by atoms with Crippen LogP contribution in [-0.4, -0.2) is 64.0 Å². The van der Waals surface area contributed by atoms with Gasteiger partial charge in [-0.25, -0.2) is 13.2 Å². The Morgan fingerprint density at radius 1 is 1.03 bits per heavy atom. The lowest BCUT2D eigenvalue weighted by Gasteiger charge is -2.22. The van der Waals surface area contributed by atoms with Crippen LogP contribution in [0.3, 0.4) is 0 Å². The molecule has 0 amide bonds. The van der Waals surface area contributed by atoms with Gasteiger partial charge in [-0.2, -0.15) is 4.31 Å². The summed E-state index contributed by atoms with van der Waals surface area (Å²) in [7, 11) is -0.872. The zero-order valence-corrected chi connectivity index (χ0v) is 18.6. The number of hydrogen-bond donors (Lipinski definition) is 0. The lowest BCUT2D eigenvalue weighted by Crippen LogP contribution is -2.35. The molecule has 7 nitrogen and oxygen atoms in total. The zero-order chi connectivity index (χ0) is 21.7. The van der Waals surface area contributed by atoms with Crippen molar-refractivity contribution in [3.63, 3.8) is 0 Å². The molecule has 0 atom stereocenters. The van der Waals surface area contributed by atoms with Gasteiger partial charge in [0.2, 0.25) is 10.0 Å². The second-order valence-electron chi connectivity index (χ2n) is 7.02. The summed E-state index contributed by atoms with van der Waals surface area (Å²) in [5.41, 5.74) is 1.36. The molecule has 2 aromatic rings. The van der Waals surface area contributed by atoms with Crippen LogP contribution in [0.15, 0.2) is 47.4 Å². The molecule has 0 aliphatic carbocycles. The summed E-state index contributed by atoms with van der Waals surface area (Å²) < 4.78 is 37.6. The van der Waals surface area contributed by atoms with Crippen molar-refractivity contribution in [3.05, 3.63) is 58.6 Å². The van der Waals surface area contributed by atoms with Crippen LogP contribution in [0.1, 0.15) is 22.3 Å². The number of benzene rings is 2. The second-order valence-corrected chi connectivity index (χ2v) is 9.33. The van der Waals surface area contributed by atoms with Gasteiger partial charge in [0, 0.05) is 26.2 Å². The standard InChI is InChI=1S/C21H25ClN2O5S/c1-28-18-7-4-16(5-8-18)15-23-10-3-11-24(13-12-23)30(26,27)20-9-6-17(14-19(20)22)21(25)29-2/h4-9,14H,3,10-13,15H2,1-2H3. The number of methoxy groups -OCH3 is 2. The van der Waals surface area contributed by atoms with Gasteiger partial charge in [-0.05, 0) is 48.9 Å². The van der Waals surface area contributed by atoms with Gasteiger partial charge < -0.3 is 9.47 Å². The minimum Gasteiger partial charge on any atom is -0.497 e. The summed E-state index contributed by atoms with van der Waals surface area (Å²) in [6.45, 7) is 2.94. The number of hydrogen-bond acceptors (Lipinski definition) is 6. The largest absolute Gasteiger partial charge is 0.497 e. The van der Waals surface area contributed by atoms with Crippen molar-refractivity contribution in [1.82, 2.24) is 9.21 Å². The predicted molar refractivity (Wildman–Crippen MR) is 114 cm³/mol. The molecule has 1 heterocycles. The monoisotopic (exact) mass is 452 g/mol. The Labute approximate surface area is 182 Å². The van der Waals surface area contributed by atoms with Crippen LogP contribution >= 0.6 is 11.6 Å². The van der Waals surface area contributed by atoms with Crippen molar-refractivity contribution < 1.29 is 22.7 Å². The Balaban J connectivity index is 1.69. The fourth-order valence-corrected chi connectivity index (χ4v) is 5.42. The minimum absolute atomic E-state index is 0.000393. The average molecular weight is 453 g/mol. The Morgan fingerprint density at radius 3 is 2.40 bits per heavy atom. The van der Waals surface area contributed by atoms with Crippen LogP contribution < -0.4 is 4.74 Å². The predicted octanol–water partition coefficient (Wildman–Crippen LogP) is 3.03. The molecule has 9 heteroatoms. The average Bonchev–Trinajstić information content (AvgIpc) is 2.99. The molecule has 162 valence electrons. The van der Waals surface area contributed by atoms with Gasteiger partial charge in [0.05, 0.1) is 24.8 Å². The highest BCUT2D eigenvalue weighted by Gasteiger charge is 2.29. The van der Waals surface area contributed by atoms with E-state index >= 15 is 0 Å². The summed E-state index contributed by atoms with van der Waals surface area (Å²) in [6, 6.07) is 12.0. The summed E-state index contributed by atoms with van der Waals surface area (Å²) in [5.74, 6) is 0.242. The molecule has 1 aliphatic rings. The molecular formula is C21H25ClN2O5S. The number of rotatable bonds is 6. The van der Waals surface area contributed by atoms with Crippen LogP contribution in [0.5, 0.6) is 5.75 Å². The van der Waals surface area contributed by atoms with Gasteiger partial charge in [0.15, 0.2) is 0 Å². The van der Waals surface area contributed by atoms with Gasteiger partial charge in [0.1, 0.15) is 10.6 Å². The molecule has 0 aromatic heterocycles. The number of halogens is 1. The maximum absolute atomic E-state index is 13.1. The Bertz CT molecular complexity index is 995. The van der Waals surface area contributed by atoms with Gasteiger partial charge in [-0.1, -0.05) is 23.7 Å². The SMILES string of the molecule is COC(=O)c1ccc(S(=O)(=O)N2CCCN(Cc3ccc(OC)cc3)CC2)c(Cl)c1. The third kappa shape index (κ3) is 5.13. The zero-order valence-electron chi connectivity index (χ0n) is 17.0. The van der Waals surface area contributed by atoms with Crippen LogP contribution in [0, 0.1) is 0 Å². The van der Waals surface area contributed by atoms with E-state index in [-0.39, 0.29) is 15.5 Å². The van der Waals surface area contributed by atoms with Gasteiger partial charge in [0.25, 0.3) is 0 Å². The molecule has 2 aromatic carbocycles. The maximum Gasteiger partial charge on any atom is 0.337 e. The molecule has 1 saturated heterocycles. The lowest BCUT2D eigenvalue weighted by molar-refractivity contribution is 0.0600. The molecule has 0 spiro atoms. The van der Waals surface area contributed by atoms with E-state index in [0.29, 0.717) is 26.1 Å². The van der Waals surface area contributed by atoms with E-state index in [9.17, 15) is 13.2 Å². The quantitative estimate of drug-likeness (QED) is 0.627. The van der Waals surface area contributed by atoms with E-state index in [1.165, 1.54) is 29.6 Å². The summed E-state index contributed by atoms with van der Waals surface area (Å²) in [4.78, 5) is 13.9. The van der Waals surface area contributed by atoms with Crippen LogP contribution in [0.25, 0.3) is 0 Å². The molecule has 0 radical (unpaired) electrons. The van der Waals surface area contributed by atoms with E-state index in [0.717, 1.165) is 24.4 Å². The number of carbonyl (C=O) groups is 1. The van der Waals surface area contributed by atoms with Crippen LogP contribution in [0.2, 0.25) is 5.02 Å². The smallest absolute Gasteiger partial charge is 0.337 e. The van der Waals surface area contributed by atoms with Crippen molar-refractivity contribution in [2.75, 3.05) is 40.4 Å². The van der Waals surface area contributed by atoms with Crippen molar-refractivity contribution in [2.45, 2.75) is 17.9 Å². The number of carbonyl (C=O) groups excluding carboxylic acids is 1. The number of ether oxygens (including phenoxy) is 2.